The summed E-state index contributed by atoms with van der Waals surface area (Å²) in [6.07, 6.45) is -0.0483. The third-order valence-corrected chi connectivity index (χ3v) is 2.25. The molecule has 0 aliphatic rings. The van der Waals surface area contributed by atoms with Crippen LogP contribution in [0.5, 0.6) is 0 Å². The van der Waals surface area contributed by atoms with Crippen molar-refractivity contribution < 1.29 is 22.6 Å². The minimum Gasteiger partial charge on any atom is -0.381 e. The molecule has 0 radical (unpaired) electrons. The zero-order chi connectivity index (χ0) is 13.0. The van der Waals surface area contributed by atoms with Crippen molar-refractivity contribution in [2.24, 2.45) is 0 Å². The molecule has 5 heteroatoms. The van der Waals surface area contributed by atoms with Gasteiger partial charge in [0, 0.05) is 19.8 Å². The molecule has 0 saturated heterocycles. The molecule has 2 nitrogen and oxygen atoms in total. The monoisotopic (exact) mass is 256 g/mol. The second kappa shape index (κ2) is 10.8. The van der Waals surface area contributed by atoms with Crippen molar-refractivity contribution in [3.8, 4) is 0 Å². The van der Waals surface area contributed by atoms with Crippen LogP contribution in [-0.2, 0) is 9.47 Å². The fourth-order valence-corrected chi connectivity index (χ4v) is 1.22. The predicted octanol–water partition coefficient (Wildman–Crippen LogP) is 3.94. The van der Waals surface area contributed by atoms with Gasteiger partial charge in [-0.3, -0.25) is 0 Å². The molecular formula is C12H23F3O2. The number of ether oxygens (including phenoxy) is 2. The summed E-state index contributed by atoms with van der Waals surface area (Å²) >= 11 is 0. The van der Waals surface area contributed by atoms with Crippen LogP contribution in [0, 0.1) is 0 Å². The number of unbranched alkanes of at least 4 members (excludes halogenated alkanes) is 3. The Morgan fingerprint density at radius 2 is 1.29 bits per heavy atom. The first-order valence-corrected chi connectivity index (χ1v) is 6.28. The Balaban J connectivity index is 2.99. The van der Waals surface area contributed by atoms with E-state index in [1.165, 1.54) is 0 Å². The first-order valence-electron chi connectivity index (χ1n) is 6.28. The first-order chi connectivity index (χ1) is 8.06. The highest BCUT2D eigenvalue weighted by molar-refractivity contribution is 4.48. The summed E-state index contributed by atoms with van der Waals surface area (Å²) in [5, 5.41) is 0. The number of hydrogen-bond acceptors (Lipinski definition) is 2. The standard InChI is InChI=1S/C12H23F3O2/c1-2-3-8-16-9-5-4-6-10-17-11-7-12(13,14)15/h2-11H2,1H3. The molecule has 0 amide bonds. The van der Waals surface area contributed by atoms with Gasteiger partial charge < -0.3 is 9.47 Å². The van der Waals surface area contributed by atoms with Gasteiger partial charge in [0.1, 0.15) is 0 Å². The summed E-state index contributed by atoms with van der Waals surface area (Å²) in [6, 6.07) is 0. The fraction of sp³-hybridized carbons (Fsp3) is 1.00. The van der Waals surface area contributed by atoms with Gasteiger partial charge in [-0.15, -0.1) is 0 Å². The average Bonchev–Trinajstić information content (AvgIpc) is 2.24. The second-order valence-corrected chi connectivity index (χ2v) is 4.00. The molecule has 0 atom stereocenters. The van der Waals surface area contributed by atoms with E-state index < -0.39 is 12.6 Å². The van der Waals surface area contributed by atoms with Gasteiger partial charge >= 0.3 is 6.18 Å². The Morgan fingerprint density at radius 1 is 0.765 bits per heavy atom. The maximum Gasteiger partial charge on any atom is 0.391 e. The van der Waals surface area contributed by atoms with Crippen molar-refractivity contribution in [1.82, 2.24) is 0 Å². The molecule has 0 aliphatic carbocycles. The highest BCUT2D eigenvalue weighted by atomic mass is 19.4. The van der Waals surface area contributed by atoms with E-state index in [0.717, 1.165) is 45.3 Å². The highest BCUT2D eigenvalue weighted by Crippen LogP contribution is 2.18. The molecule has 0 saturated carbocycles. The molecule has 0 fully saturated rings. The van der Waals surface area contributed by atoms with Crippen LogP contribution in [-0.4, -0.2) is 32.6 Å². The van der Waals surface area contributed by atoms with Gasteiger partial charge in [-0.25, -0.2) is 0 Å². The summed E-state index contributed by atoms with van der Waals surface area (Å²) in [7, 11) is 0. The lowest BCUT2D eigenvalue weighted by Gasteiger charge is -2.07. The maximum absolute atomic E-state index is 11.7. The zero-order valence-electron chi connectivity index (χ0n) is 10.5. The zero-order valence-corrected chi connectivity index (χ0v) is 10.5. The molecule has 0 N–H and O–H groups in total. The number of halogens is 3. The van der Waals surface area contributed by atoms with E-state index in [1.54, 1.807) is 0 Å². The van der Waals surface area contributed by atoms with E-state index in [9.17, 15) is 13.2 Å². The smallest absolute Gasteiger partial charge is 0.381 e. The molecule has 0 aromatic rings. The minimum absolute atomic E-state index is 0.226. The van der Waals surface area contributed by atoms with Crippen LogP contribution in [0.4, 0.5) is 13.2 Å². The molecular weight excluding hydrogens is 233 g/mol. The minimum atomic E-state index is -4.10. The first kappa shape index (κ1) is 16.7. The van der Waals surface area contributed by atoms with Crippen molar-refractivity contribution in [2.45, 2.75) is 51.6 Å². The second-order valence-electron chi connectivity index (χ2n) is 4.00. The van der Waals surface area contributed by atoms with Gasteiger partial charge in [0.15, 0.2) is 0 Å². The summed E-state index contributed by atoms with van der Waals surface area (Å²) in [5.41, 5.74) is 0. The summed E-state index contributed by atoms with van der Waals surface area (Å²) in [6.45, 7) is 3.84. The van der Waals surface area contributed by atoms with Crippen LogP contribution < -0.4 is 0 Å². The molecule has 0 spiro atoms. The lowest BCUT2D eigenvalue weighted by molar-refractivity contribution is -0.145. The molecule has 0 rings (SSSR count). The highest BCUT2D eigenvalue weighted by Gasteiger charge is 2.26. The van der Waals surface area contributed by atoms with Gasteiger partial charge in [0.05, 0.1) is 13.0 Å². The van der Waals surface area contributed by atoms with Gasteiger partial charge in [0.25, 0.3) is 0 Å². The van der Waals surface area contributed by atoms with Crippen LogP contribution in [0.1, 0.15) is 45.4 Å². The Hall–Kier alpha value is -0.290. The fourth-order valence-electron chi connectivity index (χ4n) is 1.22. The molecule has 17 heavy (non-hydrogen) atoms. The summed E-state index contributed by atoms with van der Waals surface area (Å²) in [4.78, 5) is 0. The summed E-state index contributed by atoms with van der Waals surface area (Å²) < 4.78 is 45.5. The Kier molecular flexibility index (Phi) is 10.7. The molecule has 0 bridgehead atoms. The predicted molar refractivity (Wildman–Crippen MR) is 61.1 cm³/mol. The van der Waals surface area contributed by atoms with E-state index in [4.69, 9.17) is 9.47 Å². The maximum atomic E-state index is 11.7. The largest absolute Gasteiger partial charge is 0.391 e. The topological polar surface area (TPSA) is 18.5 Å². The van der Waals surface area contributed by atoms with E-state index in [0.29, 0.717) is 6.61 Å². The molecule has 0 aliphatic heterocycles. The van der Waals surface area contributed by atoms with E-state index in [1.807, 2.05) is 0 Å². The molecule has 104 valence electrons. The van der Waals surface area contributed by atoms with E-state index in [-0.39, 0.29) is 6.61 Å². The quantitative estimate of drug-likeness (QED) is 0.521. The Morgan fingerprint density at radius 3 is 1.82 bits per heavy atom. The molecule has 0 aromatic heterocycles. The van der Waals surface area contributed by atoms with Crippen molar-refractivity contribution in [2.75, 3.05) is 26.4 Å². The average molecular weight is 256 g/mol. The Bertz CT molecular complexity index is 160. The Labute approximate surface area is 101 Å². The van der Waals surface area contributed by atoms with E-state index >= 15 is 0 Å². The van der Waals surface area contributed by atoms with Crippen LogP contribution in [0.3, 0.4) is 0 Å². The number of hydrogen-bond donors (Lipinski definition) is 0. The SMILES string of the molecule is CCCCOCCCCCOCCC(F)(F)F. The molecule has 0 heterocycles. The van der Waals surface area contributed by atoms with Gasteiger partial charge in [0.2, 0.25) is 0 Å². The van der Waals surface area contributed by atoms with Crippen molar-refractivity contribution in [3.05, 3.63) is 0 Å². The lowest BCUT2D eigenvalue weighted by atomic mass is 10.2. The van der Waals surface area contributed by atoms with Crippen molar-refractivity contribution in [1.29, 1.82) is 0 Å². The van der Waals surface area contributed by atoms with E-state index in [2.05, 4.69) is 6.92 Å². The number of rotatable bonds is 11. The summed E-state index contributed by atoms with van der Waals surface area (Å²) in [5.74, 6) is 0. The third-order valence-electron chi connectivity index (χ3n) is 2.25. The number of alkyl halides is 3. The van der Waals surface area contributed by atoms with Gasteiger partial charge in [-0.05, 0) is 25.7 Å². The van der Waals surface area contributed by atoms with Crippen LogP contribution in [0.25, 0.3) is 0 Å². The van der Waals surface area contributed by atoms with Gasteiger partial charge in [-0.2, -0.15) is 13.2 Å². The third kappa shape index (κ3) is 15.7. The van der Waals surface area contributed by atoms with Crippen LogP contribution in [0.15, 0.2) is 0 Å². The van der Waals surface area contributed by atoms with Crippen LogP contribution in [0.2, 0.25) is 0 Å². The van der Waals surface area contributed by atoms with Gasteiger partial charge in [-0.1, -0.05) is 13.3 Å². The van der Waals surface area contributed by atoms with Crippen LogP contribution >= 0.6 is 0 Å². The van der Waals surface area contributed by atoms with Crippen molar-refractivity contribution >= 4 is 0 Å². The lowest BCUT2D eigenvalue weighted by Crippen LogP contribution is -2.11. The van der Waals surface area contributed by atoms with Crippen molar-refractivity contribution in [3.63, 3.8) is 0 Å². The molecule has 0 aromatic carbocycles. The normalized spacial score (nSPS) is 12.0. The molecule has 0 unspecified atom stereocenters.